The van der Waals surface area contributed by atoms with E-state index < -0.39 is 0 Å². The summed E-state index contributed by atoms with van der Waals surface area (Å²) in [7, 11) is 2.54. The highest BCUT2D eigenvalue weighted by Gasteiger charge is 2.16. The van der Waals surface area contributed by atoms with Gasteiger partial charge >= 0.3 is 0 Å². The Hall–Kier alpha value is -2.18. The zero-order chi connectivity index (χ0) is 12.9. The van der Waals surface area contributed by atoms with Gasteiger partial charge in [-0.25, -0.2) is 9.97 Å². The van der Waals surface area contributed by atoms with E-state index in [0.29, 0.717) is 5.39 Å². The Kier molecular flexibility index (Phi) is 2.22. The molecule has 0 aromatic carbocycles. The van der Waals surface area contributed by atoms with Crippen LogP contribution < -0.4 is 0 Å². The van der Waals surface area contributed by atoms with Gasteiger partial charge in [-0.1, -0.05) is 0 Å². The summed E-state index contributed by atoms with van der Waals surface area (Å²) in [4.78, 5) is 8.26. The fourth-order valence-electron chi connectivity index (χ4n) is 2.07. The molecular weight excluding hydrogens is 247 g/mol. The van der Waals surface area contributed by atoms with Crippen LogP contribution in [0, 0.1) is 18.3 Å². The summed E-state index contributed by atoms with van der Waals surface area (Å²) in [6, 6.07) is 3.81. The molecule has 0 fully saturated rings. The maximum Gasteiger partial charge on any atom is 0.183 e. The van der Waals surface area contributed by atoms with E-state index >= 15 is 0 Å². The molecular formula is C12H9N4OP. The number of aryl methyl sites for hydroxylation is 1. The van der Waals surface area contributed by atoms with Crippen LogP contribution in [-0.4, -0.2) is 19.4 Å². The molecule has 0 bridgehead atoms. The zero-order valence-electron chi connectivity index (χ0n) is 9.55. The van der Waals surface area contributed by atoms with Crippen molar-refractivity contribution in [1.29, 1.82) is 5.26 Å². The molecule has 5 nitrogen and oxygen atoms in total. The van der Waals surface area contributed by atoms with E-state index in [1.54, 1.807) is 16.7 Å². The van der Waals surface area contributed by atoms with E-state index in [0.717, 1.165) is 22.1 Å². The highest BCUT2D eigenvalue weighted by atomic mass is 31.0. The molecule has 3 rings (SSSR count). The van der Waals surface area contributed by atoms with Gasteiger partial charge in [-0.2, -0.15) is 5.26 Å². The van der Waals surface area contributed by atoms with E-state index in [1.165, 1.54) is 0 Å². The van der Waals surface area contributed by atoms with Crippen LogP contribution in [0.25, 0.3) is 21.9 Å². The van der Waals surface area contributed by atoms with Crippen molar-refractivity contribution in [1.82, 2.24) is 14.3 Å². The van der Waals surface area contributed by atoms with Crippen molar-refractivity contribution >= 4 is 31.3 Å². The largest absolute Gasteiger partial charge is 0.504 e. The second-order valence-corrected chi connectivity index (χ2v) is 4.60. The molecule has 3 aromatic rings. The standard InChI is InChI=1S/C12H9N4OP/c1-6-2-7-10-9(16(18)12(7)15-4-6)5-14-8(3-13)11(10)17/h2,4-5,17H,18H2,1H3. The molecule has 3 aromatic heterocycles. The fraction of sp³-hybridized carbons (Fsp3) is 0.0833. The minimum Gasteiger partial charge on any atom is -0.504 e. The summed E-state index contributed by atoms with van der Waals surface area (Å²) in [5.41, 5.74) is 2.48. The normalized spacial score (nSPS) is 10.9. The smallest absolute Gasteiger partial charge is 0.183 e. The van der Waals surface area contributed by atoms with Gasteiger partial charge in [0.15, 0.2) is 11.4 Å². The highest BCUT2D eigenvalue weighted by Crippen LogP contribution is 2.36. The van der Waals surface area contributed by atoms with Crippen LogP contribution in [0.3, 0.4) is 0 Å². The van der Waals surface area contributed by atoms with Crippen molar-refractivity contribution in [3.63, 3.8) is 0 Å². The summed E-state index contributed by atoms with van der Waals surface area (Å²) >= 11 is 0. The Labute approximate surface area is 105 Å². The molecule has 0 spiro atoms. The molecule has 1 N–H and O–H groups in total. The first-order chi connectivity index (χ1) is 8.63. The number of hydrogen-bond acceptors (Lipinski definition) is 4. The number of nitriles is 1. The maximum atomic E-state index is 10.1. The molecule has 3 heterocycles. The third-order valence-corrected chi connectivity index (χ3v) is 3.42. The molecule has 0 aliphatic carbocycles. The topological polar surface area (TPSA) is 74.7 Å². The van der Waals surface area contributed by atoms with Crippen molar-refractivity contribution in [2.45, 2.75) is 6.92 Å². The summed E-state index contributed by atoms with van der Waals surface area (Å²) in [5, 5.41) is 20.5. The van der Waals surface area contributed by atoms with Gasteiger partial charge in [0.1, 0.15) is 11.7 Å². The van der Waals surface area contributed by atoms with Gasteiger partial charge in [0.05, 0.1) is 17.1 Å². The van der Waals surface area contributed by atoms with E-state index in [4.69, 9.17) is 5.26 Å². The van der Waals surface area contributed by atoms with Crippen molar-refractivity contribution < 1.29 is 5.11 Å². The number of nitrogens with zero attached hydrogens (tertiary/aromatic N) is 4. The van der Waals surface area contributed by atoms with Crippen molar-refractivity contribution in [3.05, 3.63) is 29.7 Å². The Morgan fingerprint density at radius 3 is 2.89 bits per heavy atom. The van der Waals surface area contributed by atoms with Gasteiger partial charge < -0.3 is 9.44 Å². The lowest BCUT2D eigenvalue weighted by Crippen LogP contribution is -1.85. The highest BCUT2D eigenvalue weighted by molar-refractivity contribution is 7.15. The molecule has 6 heteroatoms. The average molecular weight is 256 g/mol. The summed E-state index contributed by atoms with van der Waals surface area (Å²) in [5.74, 6) is -0.0893. The van der Waals surface area contributed by atoms with Crippen molar-refractivity contribution in [2.75, 3.05) is 0 Å². The number of aromatic hydroxyl groups is 1. The van der Waals surface area contributed by atoms with Gasteiger partial charge in [0.2, 0.25) is 0 Å². The predicted octanol–water partition coefficient (Wildman–Crippen LogP) is 2.11. The second-order valence-electron chi connectivity index (χ2n) is 4.08. The van der Waals surface area contributed by atoms with Crippen LogP contribution in [-0.2, 0) is 0 Å². The van der Waals surface area contributed by atoms with Crippen LogP contribution in [0.5, 0.6) is 5.75 Å². The van der Waals surface area contributed by atoms with Crippen LogP contribution in [0.15, 0.2) is 18.5 Å². The summed E-state index contributed by atoms with van der Waals surface area (Å²) in [6.45, 7) is 1.93. The lowest BCUT2D eigenvalue weighted by molar-refractivity contribution is 0.477. The van der Waals surface area contributed by atoms with Gasteiger partial charge in [0.25, 0.3) is 0 Å². The average Bonchev–Trinajstić information content (AvgIpc) is 2.64. The molecule has 0 aliphatic heterocycles. The Balaban J connectivity index is 2.63. The SMILES string of the molecule is Cc1cnc2c(c1)c1c(O)c(C#N)ncc1n2P. The minimum atomic E-state index is -0.0893. The Bertz CT molecular complexity index is 832. The van der Waals surface area contributed by atoms with E-state index in [-0.39, 0.29) is 11.4 Å². The predicted molar refractivity (Wildman–Crippen MR) is 71.3 cm³/mol. The monoisotopic (exact) mass is 256 g/mol. The molecule has 0 aliphatic rings. The van der Waals surface area contributed by atoms with Crippen LogP contribution in [0.4, 0.5) is 0 Å². The quantitative estimate of drug-likeness (QED) is 0.625. The Morgan fingerprint density at radius 2 is 2.17 bits per heavy atom. The molecule has 0 radical (unpaired) electrons. The molecule has 0 amide bonds. The first-order valence-corrected chi connectivity index (χ1v) is 5.79. The maximum absolute atomic E-state index is 10.1. The molecule has 1 unspecified atom stereocenters. The van der Waals surface area contributed by atoms with Crippen molar-refractivity contribution in [3.8, 4) is 11.8 Å². The van der Waals surface area contributed by atoms with Gasteiger partial charge in [-0.15, -0.1) is 0 Å². The zero-order valence-corrected chi connectivity index (χ0v) is 10.7. The van der Waals surface area contributed by atoms with E-state index in [1.807, 2.05) is 19.1 Å². The number of aromatic nitrogens is 3. The first kappa shape index (κ1) is 10.9. The number of rotatable bonds is 0. The number of fused-ring (bicyclic) bond motifs is 3. The van der Waals surface area contributed by atoms with Gasteiger partial charge in [-0.3, -0.25) is 0 Å². The van der Waals surface area contributed by atoms with Crippen LogP contribution in [0.1, 0.15) is 11.3 Å². The third-order valence-electron chi connectivity index (χ3n) is 2.90. The molecule has 1 atom stereocenters. The number of pyridine rings is 2. The van der Waals surface area contributed by atoms with Crippen LogP contribution >= 0.6 is 9.39 Å². The molecule has 0 saturated heterocycles. The van der Waals surface area contributed by atoms with E-state index in [9.17, 15) is 5.11 Å². The second kappa shape index (κ2) is 3.66. The van der Waals surface area contributed by atoms with Gasteiger partial charge in [0, 0.05) is 11.6 Å². The molecule has 88 valence electrons. The van der Waals surface area contributed by atoms with Gasteiger partial charge in [-0.05, 0) is 27.9 Å². The summed E-state index contributed by atoms with van der Waals surface area (Å²) in [6.07, 6.45) is 3.33. The van der Waals surface area contributed by atoms with E-state index in [2.05, 4.69) is 19.4 Å². The number of hydrogen-bond donors (Lipinski definition) is 1. The third kappa shape index (κ3) is 1.30. The van der Waals surface area contributed by atoms with Crippen LogP contribution in [0.2, 0.25) is 0 Å². The van der Waals surface area contributed by atoms with Crippen molar-refractivity contribution in [2.24, 2.45) is 0 Å². The molecule has 18 heavy (non-hydrogen) atoms. The fourth-order valence-corrected chi connectivity index (χ4v) is 2.47. The summed E-state index contributed by atoms with van der Waals surface area (Å²) < 4.78 is 1.78. The first-order valence-electron chi connectivity index (χ1n) is 5.27. The minimum absolute atomic E-state index is 0.0292. The molecule has 0 saturated carbocycles. The lowest BCUT2D eigenvalue weighted by Gasteiger charge is -1.98. The lowest BCUT2D eigenvalue weighted by atomic mass is 10.1. The Morgan fingerprint density at radius 1 is 1.39 bits per heavy atom.